The molecular formula is C18H24BrClFN3O2S. The second kappa shape index (κ2) is 8.16. The molecule has 3 atom stereocenters. The van der Waals surface area contributed by atoms with E-state index >= 15 is 4.39 Å². The van der Waals surface area contributed by atoms with E-state index in [0.717, 1.165) is 19.3 Å². The van der Waals surface area contributed by atoms with Crippen LogP contribution in [0.15, 0.2) is 10.7 Å². The Morgan fingerprint density at radius 2 is 2.19 bits per heavy atom. The van der Waals surface area contributed by atoms with Crippen molar-refractivity contribution in [2.75, 3.05) is 6.61 Å². The molecule has 1 N–H and O–H groups in total. The standard InChI is InChI=1S/C18H24BrClFN3O2S/c1-10(23-27(25)18(2,3)4)13-16(21)15(20)14(19)11-9-22-24(17(11)13)12-7-5-6-8-26-12/h9-10,12,23H,5-8H2,1-4H3. The summed E-state index contributed by atoms with van der Waals surface area (Å²) in [4.78, 5) is 0. The van der Waals surface area contributed by atoms with Gasteiger partial charge in [-0.3, -0.25) is 0 Å². The summed E-state index contributed by atoms with van der Waals surface area (Å²) in [5.41, 5.74) is 0.962. The lowest BCUT2D eigenvalue weighted by Crippen LogP contribution is -2.40. The van der Waals surface area contributed by atoms with Crippen molar-refractivity contribution < 1.29 is 13.7 Å². The van der Waals surface area contributed by atoms with E-state index in [1.54, 1.807) is 17.8 Å². The zero-order valence-corrected chi connectivity index (χ0v) is 19.0. The molecular weight excluding hydrogens is 457 g/mol. The molecule has 2 heterocycles. The van der Waals surface area contributed by atoms with Crippen LogP contribution in [0.4, 0.5) is 4.39 Å². The number of fused-ring (bicyclic) bond motifs is 1. The number of hydrogen-bond donors (Lipinski definition) is 1. The summed E-state index contributed by atoms with van der Waals surface area (Å²) in [7, 11) is 0. The molecule has 2 aromatic rings. The maximum Gasteiger partial charge on any atom is 0.150 e. The number of aromatic nitrogens is 2. The molecule has 5 nitrogen and oxygen atoms in total. The van der Waals surface area contributed by atoms with Gasteiger partial charge in [-0.25, -0.2) is 9.07 Å². The van der Waals surface area contributed by atoms with Crippen molar-refractivity contribution in [3.05, 3.63) is 27.1 Å². The average molecular weight is 481 g/mol. The number of ether oxygens (including phenoxy) is 1. The van der Waals surface area contributed by atoms with Gasteiger partial charge < -0.3 is 9.29 Å². The molecule has 3 rings (SSSR count). The molecule has 9 heteroatoms. The molecule has 1 fully saturated rings. The first-order valence-electron chi connectivity index (χ1n) is 8.96. The number of rotatable bonds is 4. The molecule has 0 amide bonds. The van der Waals surface area contributed by atoms with E-state index in [2.05, 4.69) is 25.8 Å². The molecule has 1 aromatic heterocycles. The Bertz CT molecular complexity index is 836. The first-order chi connectivity index (χ1) is 12.6. The maximum atomic E-state index is 15.2. The second-order valence-corrected chi connectivity index (χ2v) is 10.9. The summed E-state index contributed by atoms with van der Waals surface area (Å²) in [5.74, 6) is -0.542. The van der Waals surface area contributed by atoms with Crippen LogP contribution in [0.3, 0.4) is 0 Å². The Morgan fingerprint density at radius 1 is 1.48 bits per heavy atom. The molecule has 150 valence electrons. The van der Waals surface area contributed by atoms with Crippen LogP contribution in [-0.4, -0.2) is 25.7 Å². The molecule has 1 aliphatic rings. The number of halogens is 3. The Labute approximate surface area is 175 Å². The van der Waals surface area contributed by atoms with Gasteiger partial charge in [0, 0.05) is 28.9 Å². The summed E-state index contributed by atoms with van der Waals surface area (Å²) in [5, 5.41) is 5.17. The SMILES string of the molecule is CC(N[S+]([O-])C(C)(C)C)c1c(F)c(Cl)c(Br)c2cnn(C3CCCCO3)c12. The van der Waals surface area contributed by atoms with Crippen LogP contribution in [0.5, 0.6) is 0 Å². The minimum atomic E-state index is -1.36. The van der Waals surface area contributed by atoms with Gasteiger partial charge in [0.1, 0.15) is 10.6 Å². The number of benzene rings is 1. The van der Waals surface area contributed by atoms with Crippen LogP contribution in [0.25, 0.3) is 10.9 Å². The van der Waals surface area contributed by atoms with Gasteiger partial charge >= 0.3 is 0 Å². The molecule has 0 aliphatic carbocycles. The monoisotopic (exact) mass is 479 g/mol. The third kappa shape index (κ3) is 4.16. The van der Waals surface area contributed by atoms with Gasteiger partial charge in [-0.15, -0.1) is 4.72 Å². The molecule has 1 aliphatic heterocycles. The van der Waals surface area contributed by atoms with Crippen molar-refractivity contribution in [3.63, 3.8) is 0 Å². The fourth-order valence-electron chi connectivity index (χ4n) is 3.15. The van der Waals surface area contributed by atoms with E-state index < -0.39 is 28.0 Å². The summed E-state index contributed by atoms with van der Waals surface area (Å²) in [6.45, 7) is 8.03. The van der Waals surface area contributed by atoms with Crippen LogP contribution in [0.1, 0.15) is 64.8 Å². The van der Waals surface area contributed by atoms with Gasteiger partial charge in [-0.05, 0) is 62.9 Å². The quantitative estimate of drug-likeness (QED) is 0.470. The minimum Gasteiger partial charge on any atom is -0.598 e. The Hall–Kier alpha value is -0.380. The zero-order valence-electron chi connectivity index (χ0n) is 15.8. The molecule has 0 saturated carbocycles. The van der Waals surface area contributed by atoms with Crippen molar-refractivity contribution in [1.82, 2.24) is 14.5 Å². The van der Waals surface area contributed by atoms with Crippen LogP contribution >= 0.6 is 27.5 Å². The third-order valence-corrected chi connectivity index (χ3v) is 7.70. The van der Waals surface area contributed by atoms with Gasteiger partial charge in [0.15, 0.2) is 6.23 Å². The predicted octanol–water partition coefficient (Wildman–Crippen LogP) is 5.40. The van der Waals surface area contributed by atoms with Gasteiger partial charge in [-0.1, -0.05) is 11.6 Å². The summed E-state index contributed by atoms with van der Waals surface area (Å²) in [6.07, 6.45) is 4.27. The lowest BCUT2D eigenvalue weighted by molar-refractivity contribution is -0.0367. The van der Waals surface area contributed by atoms with Gasteiger partial charge in [0.2, 0.25) is 0 Å². The topological polar surface area (TPSA) is 62.1 Å². The summed E-state index contributed by atoms with van der Waals surface area (Å²) >= 11 is 8.26. The van der Waals surface area contributed by atoms with Crippen LogP contribution < -0.4 is 4.72 Å². The first-order valence-corrected chi connectivity index (χ1v) is 11.3. The van der Waals surface area contributed by atoms with Crippen molar-refractivity contribution in [3.8, 4) is 0 Å². The maximum absolute atomic E-state index is 15.2. The third-order valence-electron chi connectivity index (χ3n) is 4.61. The normalized spacial score (nSPS) is 20.8. The average Bonchev–Trinajstić information content (AvgIpc) is 3.04. The van der Waals surface area contributed by atoms with Crippen molar-refractivity contribution in [1.29, 1.82) is 0 Å². The van der Waals surface area contributed by atoms with Crippen LogP contribution in [-0.2, 0) is 16.1 Å². The highest BCUT2D eigenvalue weighted by Crippen LogP contribution is 2.41. The lowest BCUT2D eigenvalue weighted by atomic mass is 10.0. The molecule has 0 radical (unpaired) electrons. The molecule has 3 unspecified atom stereocenters. The van der Waals surface area contributed by atoms with E-state index in [1.807, 2.05) is 20.8 Å². The Balaban J connectivity index is 2.13. The second-order valence-electron chi connectivity index (χ2n) is 7.75. The first kappa shape index (κ1) is 21.3. The van der Waals surface area contributed by atoms with E-state index in [-0.39, 0.29) is 11.3 Å². The van der Waals surface area contributed by atoms with Gasteiger partial charge in [0.25, 0.3) is 0 Å². The van der Waals surface area contributed by atoms with E-state index in [0.29, 0.717) is 27.5 Å². The fourth-order valence-corrected chi connectivity index (χ4v) is 4.61. The van der Waals surface area contributed by atoms with Gasteiger partial charge in [0.05, 0.1) is 27.3 Å². The molecule has 1 aromatic carbocycles. The Morgan fingerprint density at radius 3 is 2.78 bits per heavy atom. The van der Waals surface area contributed by atoms with Crippen LogP contribution in [0.2, 0.25) is 5.02 Å². The summed E-state index contributed by atoms with van der Waals surface area (Å²) < 4.78 is 38.4. The number of nitrogens with one attached hydrogen (secondary N) is 1. The van der Waals surface area contributed by atoms with E-state index in [9.17, 15) is 4.55 Å². The lowest BCUT2D eigenvalue weighted by Gasteiger charge is -2.28. The fraction of sp³-hybridized carbons (Fsp3) is 0.611. The van der Waals surface area contributed by atoms with Crippen molar-refractivity contribution in [2.45, 2.75) is 64.0 Å². The molecule has 27 heavy (non-hydrogen) atoms. The minimum absolute atomic E-state index is 0.00296. The van der Waals surface area contributed by atoms with E-state index in [1.165, 1.54) is 0 Å². The van der Waals surface area contributed by atoms with Crippen molar-refractivity contribution in [2.24, 2.45) is 0 Å². The van der Waals surface area contributed by atoms with Crippen LogP contribution in [0, 0.1) is 5.82 Å². The highest BCUT2D eigenvalue weighted by molar-refractivity contribution is 9.10. The number of nitrogens with zero attached hydrogens (tertiary/aromatic N) is 2. The molecule has 0 spiro atoms. The largest absolute Gasteiger partial charge is 0.598 e. The zero-order chi connectivity index (χ0) is 19.9. The predicted molar refractivity (Wildman–Crippen MR) is 111 cm³/mol. The summed E-state index contributed by atoms with van der Waals surface area (Å²) in [6, 6.07) is -0.530. The smallest absolute Gasteiger partial charge is 0.150 e. The van der Waals surface area contributed by atoms with Crippen molar-refractivity contribution >= 4 is 49.8 Å². The molecule has 0 bridgehead atoms. The van der Waals surface area contributed by atoms with E-state index in [4.69, 9.17) is 16.3 Å². The molecule has 1 saturated heterocycles. The van der Waals surface area contributed by atoms with Gasteiger partial charge in [-0.2, -0.15) is 5.10 Å². The highest BCUT2D eigenvalue weighted by Gasteiger charge is 2.33. The Kier molecular flexibility index (Phi) is 6.45. The highest BCUT2D eigenvalue weighted by atomic mass is 79.9. The number of hydrogen-bond acceptors (Lipinski definition) is 4.